The molecule has 0 spiro atoms. The molecule has 0 aliphatic carbocycles. The van der Waals surface area contributed by atoms with Crippen molar-refractivity contribution in [2.75, 3.05) is 32.1 Å². The first-order chi connectivity index (χ1) is 9.10. The van der Waals surface area contributed by atoms with Crippen molar-refractivity contribution >= 4 is 11.4 Å². The lowest BCUT2D eigenvalue weighted by molar-refractivity contribution is -0.384. The van der Waals surface area contributed by atoms with Gasteiger partial charge in [-0.05, 0) is 18.6 Å². The van der Waals surface area contributed by atoms with E-state index in [2.05, 4.69) is 10.2 Å². The maximum Gasteiger partial charge on any atom is 0.269 e. The van der Waals surface area contributed by atoms with Crippen LogP contribution in [0.25, 0.3) is 0 Å². The van der Waals surface area contributed by atoms with Crippen LogP contribution in [0, 0.1) is 10.1 Å². The van der Waals surface area contributed by atoms with Crippen molar-refractivity contribution in [2.24, 2.45) is 0 Å². The molecule has 104 valence electrons. The second kappa shape index (κ2) is 5.99. The Morgan fingerprint density at radius 2 is 2.37 bits per heavy atom. The molecule has 0 aromatic heterocycles. The van der Waals surface area contributed by atoms with E-state index in [0.29, 0.717) is 13.2 Å². The molecule has 1 heterocycles. The summed E-state index contributed by atoms with van der Waals surface area (Å²) in [6.45, 7) is 5.16. The molecule has 1 N–H and O–H groups in total. The van der Waals surface area contributed by atoms with E-state index in [0.717, 1.165) is 24.3 Å². The van der Waals surface area contributed by atoms with Gasteiger partial charge in [-0.25, -0.2) is 0 Å². The first-order valence-corrected chi connectivity index (χ1v) is 6.39. The van der Waals surface area contributed by atoms with E-state index in [1.807, 2.05) is 14.0 Å². The number of morpholine rings is 1. The summed E-state index contributed by atoms with van der Waals surface area (Å²) in [5.41, 5.74) is 2.02. The van der Waals surface area contributed by atoms with Crippen LogP contribution in [0.3, 0.4) is 0 Å². The number of benzene rings is 1. The summed E-state index contributed by atoms with van der Waals surface area (Å²) >= 11 is 0. The molecule has 1 atom stereocenters. The third kappa shape index (κ3) is 3.42. The number of rotatable bonds is 4. The summed E-state index contributed by atoms with van der Waals surface area (Å²) in [7, 11) is 1.83. The van der Waals surface area contributed by atoms with Crippen LogP contribution < -0.4 is 5.32 Å². The second-order valence-corrected chi connectivity index (χ2v) is 4.77. The van der Waals surface area contributed by atoms with Gasteiger partial charge in [0.15, 0.2) is 0 Å². The number of hydrogen-bond acceptors (Lipinski definition) is 5. The highest BCUT2D eigenvalue weighted by atomic mass is 16.6. The molecule has 2 rings (SSSR count). The Morgan fingerprint density at radius 3 is 3.00 bits per heavy atom. The predicted molar refractivity (Wildman–Crippen MR) is 73.3 cm³/mol. The Bertz CT molecular complexity index is 464. The third-order valence-electron chi connectivity index (χ3n) is 3.29. The maximum atomic E-state index is 10.8. The molecule has 0 radical (unpaired) electrons. The van der Waals surface area contributed by atoms with Crippen LogP contribution in [0.2, 0.25) is 0 Å². The fraction of sp³-hybridized carbons (Fsp3) is 0.538. The van der Waals surface area contributed by atoms with Crippen LogP contribution in [0.5, 0.6) is 0 Å². The van der Waals surface area contributed by atoms with Gasteiger partial charge in [-0.3, -0.25) is 15.0 Å². The number of nitrogens with one attached hydrogen (secondary N) is 1. The summed E-state index contributed by atoms with van der Waals surface area (Å²) in [4.78, 5) is 12.8. The number of non-ortho nitro benzene ring substituents is 1. The SMILES string of the molecule is CNc1ccc([N+](=O)[O-])cc1CN1CCOC(C)C1. The molecule has 1 unspecified atom stereocenters. The van der Waals surface area contributed by atoms with Crippen LogP contribution in [0.15, 0.2) is 18.2 Å². The third-order valence-corrected chi connectivity index (χ3v) is 3.29. The lowest BCUT2D eigenvalue weighted by Gasteiger charge is -2.31. The zero-order valence-corrected chi connectivity index (χ0v) is 11.3. The maximum absolute atomic E-state index is 10.8. The quantitative estimate of drug-likeness (QED) is 0.664. The van der Waals surface area contributed by atoms with Gasteiger partial charge in [0.25, 0.3) is 5.69 Å². The van der Waals surface area contributed by atoms with Crippen molar-refractivity contribution in [1.82, 2.24) is 4.90 Å². The van der Waals surface area contributed by atoms with Crippen LogP contribution in [0.4, 0.5) is 11.4 Å². The summed E-state index contributed by atoms with van der Waals surface area (Å²) in [5, 5.41) is 13.9. The molecule has 0 amide bonds. The molecule has 6 nitrogen and oxygen atoms in total. The average Bonchev–Trinajstić information content (AvgIpc) is 2.38. The number of ether oxygens (including phenoxy) is 1. The summed E-state index contributed by atoms with van der Waals surface area (Å²) in [6, 6.07) is 4.93. The van der Waals surface area contributed by atoms with Crippen molar-refractivity contribution in [1.29, 1.82) is 0 Å². The standard InChI is InChI=1S/C13H19N3O3/c1-10-8-15(5-6-19-10)9-11-7-12(16(17)18)3-4-13(11)14-2/h3-4,7,10,14H,5-6,8-9H2,1-2H3. The number of nitro groups is 1. The molecule has 1 aliphatic heterocycles. The topological polar surface area (TPSA) is 67.6 Å². The Labute approximate surface area is 112 Å². The van der Waals surface area contributed by atoms with Gasteiger partial charge in [-0.2, -0.15) is 0 Å². The molecule has 1 aromatic carbocycles. The fourth-order valence-corrected chi connectivity index (χ4v) is 2.34. The van der Waals surface area contributed by atoms with E-state index in [1.165, 1.54) is 6.07 Å². The molecule has 6 heteroatoms. The van der Waals surface area contributed by atoms with Gasteiger partial charge in [-0.1, -0.05) is 0 Å². The van der Waals surface area contributed by atoms with Crippen LogP contribution >= 0.6 is 0 Å². The largest absolute Gasteiger partial charge is 0.388 e. The summed E-state index contributed by atoms with van der Waals surface area (Å²) in [6.07, 6.45) is 0.213. The lowest BCUT2D eigenvalue weighted by Crippen LogP contribution is -2.40. The molecule has 1 aliphatic rings. The molecule has 1 fully saturated rings. The van der Waals surface area contributed by atoms with E-state index in [-0.39, 0.29) is 16.7 Å². The minimum absolute atomic E-state index is 0.135. The van der Waals surface area contributed by atoms with Gasteiger partial charge in [0.2, 0.25) is 0 Å². The average molecular weight is 265 g/mol. The van der Waals surface area contributed by atoms with Gasteiger partial charge in [0.05, 0.1) is 17.6 Å². The van der Waals surface area contributed by atoms with Crippen molar-refractivity contribution < 1.29 is 9.66 Å². The Kier molecular flexibility index (Phi) is 4.34. The van der Waals surface area contributed by atoms with E-state index < -0.39 is 0 Å². The van der Waals surface area contributed by atoms with Crippen LogP contribution in [-0.2, 0) is 11.3 Å². The highest BCUT2D eigenvalue weighted by Gasteiger charge is 2.19. The van der Waals surface area contributed by atoms with E-state index in [1.54, 1.807) is 12.1 Å². The molecule has 19 heavy (non-hydrogen) atoms. The predicted octanol–water partition coefficient (Wildman–Crippen LogP) is 1.86. The van der Waals surface area contributed by atoms with Crippen LogP contribution in [0.1, 0.15) is 12.5 Å². The number of anilines is 1. The Morgan fingerprint density at radius 1 is 1.58 bits per heavy atom. The minimum atomic E-state index is -0.356. The molecule has 0 bridgehead atoms. The molecular weight excluding hydrogens is 246 g/mol. The zero-order valence-electron chi connectivity index (χ0n) is 11.3. The highest BCUT2D eigenvalue weighted by Crippen LogP contribution is 2.23. The van der Waals surface area contributed by atoms with Crippen molar-refractivity contribution in [3.8, 4) is 0 Å². The smallest absolute Gasteiger partial charge is 0.269 e. The van der Waals surface area contributed by atoms with Crippen molar-refractivity contribution in [3.05, 3.63) is 33.9 Å². The number of nitro benzene ring substituents is 1. The molecular formula is C13H19N3O3. The fourth-order valence-electron chi connectivity index (χ4n) is 2.34. The Balaban J connectivity index is 2.17. The van der Waals surface area contributed by atoms with Gasteiger partial charge < -0.3 is 10.1 Å². The van der Waals surface area contributed by atoms with Crippen molar-refractivity contribution in [2.45, 2.75) is 19.6 Å². The lowest BCUT2D eigenvalue weighted by atomic mass is 10.1. The molecule has 1 aromatic rings. The van der Waals surface area contributed by atoms with Gasteiger partial charge in [0.1, 0.15) is 0 Å². The zero-order chi connectivity index (χ0) is 13.8. The molecule has 0 saturated carbocycles. The minimum Gasteiger partial charge on any atom is -0.388 e. The first kappa shape index (κ1) is 13.8. The summed E-state index contributed by atoms with van der Waals surface area (Å²) in [5.74, 6) is 0. The van der Waals surface area contributed by atoms with Gasteiger partial charge in [-0.15, -0.1) is 0 Å². The van der Waals surface area contributed by atoms with E-state index >= 15 is 0 Å². The monoisotopic (exact) mass is 265 g/mol. The van der Waals surface area contributed by atoms with Crippen LogP contribution in [-0.4, -0.2) is 42.7 Å². The summed E-state index contributed by atoms with van der Waals surface area (Å²) < 4.78 is 5.50. The Hall–Kier alpha value is -1.66. The van der Waals surface area contributed by atoms with Gasteiger partial charge >= 0.3 is 0 Å². The second-order valence-electron chi connectivity index (χ2n) is 4.77. The normalized spacial score (nSPS) is 20.2. The molecule has 1 saturated heterocycles. The van der Waals surface area contributed by atoms with E-state index in [4.69, 9.17) is 4.74 Å². The van der Waals surface area contributed by atoms with Crippen molar-refractivity contribution in [3.63, 3.8) is 0 Å². The first-order valence-electron chi connectivity index (χ1n) is 6.39. The van der Waals surface area contributed by atoms with E-state index in [9.17, 15) is 10.1 Å². The number of nitrogens with zero attached hydrogens (tertiary/aromatic N) is 2. The van der Waals surface area contributed by atoms with Gasteiger partial charge in [0, 0.05) is 44.5 Å². The number of hydrogen-bond donors (Lipinski definition) is 1. The highest BCUT2D eigenvalue weighted by molar-refractivity contribution is 5.55.